The highest BCUT2D eigenvalue weighted by atomic mass is 19.1. The number of carbonyl (C=O) groups excluding carboxylic acids is 2. The number of anilines is 1. The Balaban J connectivity index is 2.51. The second-order valence-corrected chi connectivity index (χ2v) is 4.78. The summed E-state index contributed by atoms with van der Waals surface area (Å²) in [5.74, 6) is -1.64. The van der Waals surface area contributed by atoms with Gasteiger partial charge in [0.25, 0.3) is 5.91 Å². The molecule has 0 bridgehead atoms. The van der Waals surface area contributed by atoms with Crippen molar-refractivity contribution in [3.8, 4) is 0 Å². The number of nitrogens with one attached hydrogen (secondary N) is 1. The molecule has 0 aliphatic carbocycles. The quantitative estimate of drug-likeness (QED) is 0.459. The molecule has 1 atom stereocenters. The Kier molecular flexibility index (Phi) is 6.65. The predicted octanol–water partition coefficient (Wildman–Crippen LogP) is 2.26. The summed E-state index contributed by atoms with van der Waals surface area (Å²) in [5, 5.41) is 2.69. The van der Waals surface area contributed by atoms with Gasteiger partial charge in [-0.05, 0) is 31.5 Å². The van der Waals surface area contributed by atoms with E-state index in [1.807, 2.05) is 0 Å². The van der Waals surface area contributed by atoms with Crippen molar-refractivity contribution in [2.45, 2.75) is 39.2 Å². The molecule has 0 saturated heterocycles. The summed E-state index contributed by atoms with van der Waals surface area (Å²) in [6, 6.07) is 3.38. The van der Waals surface area contributed by atoms with Crippen molar-refractivity contribution in [3.05, 3.63) is 29.6 Å². The van der Waals surface area contributed by atoms with Gasteiger partial charge in [0.1, 0.15) is 5.82 Å². The van der Waals surface area contributed by atoms with E-state index < -0.39 is 17.9 Å². The van der Waals surface area contributed by atoms with Crippen LogP contribution in [0.15, 0.2) is 18.2 Å². The predicted molar refractivity (Wildman–Crippen MR) is 78.2 cm³/mol. The van der Waals surface area contributed by atoms with Crippen LogP contribution in [-0.2, 0) is 9.53 Å². The highest BCUT2D eigenvalue weighted by Gasteiger charge is 2.20. The number of benzene rings is 1. The van der Waals surface area contributed by atoms with Gasteiger partial charge in [-0.25, -0.2) is 9.18 Å². The molecule has 0 saturated carbocycles. The first kappa shape index (κ1) is 16.9. The van der Waals surface area contributed by atoms with Crippen LogP contribution in [0.3, 0.4) is 0 Å². The number of amides is 1. The van der Waals surface area contributed by atoms with E-state index in [2.05, 4.69) is 12.2 Å². The minimum absolute atomic E-state index is 0.0180. The third-order valence-corrected chi connectivity index (χ3v) is 2.97. The van der Waals surface area contributed by atoms with E-state index in [-0.39, 0.29) is 17.2 Å². The molecule has 0 heterocycles. The third-order valence-electron chi connectivity index (χ3n) is 2.97. The number of ether oxygens (including phenoxy) is 1. The van der Waals surface area contributed by atoms with Crippen molar-refractivity contribution in [2.24, 2.45) is 0 Å². The molecule has 1 aromatic carbocycles. The Morgan fingerprint density at radius 1 is 1.38 bits per heavy atom. The van der Waals surface area contributed by atoms with Gasteiger partial charge in [-0.3, -0.25) is 4.79 Å². The number of halogens is 1. The normalized spacial score (nSPS) is 11.8. The molecule has 0 fully saturated rings. The third kappa shape index (κ3) is 5.41. The standard InChI is InChI=1S/C15H21FN2O3/c1-3-4-5-8-18-14(19)10(2)21-15(20)12-7-6-11(16)9-13(12)17/h6-7,9-10H,3-5,8,17H2,1-2H3,(H,18,19). The Bertz CT molecular complexity index is 506. The fraction of sp³-hybridized carbons (Fsp3) is 0.467. The van der Waals surface area contributed by atoms with E-state index in [0.29, 0.717) is 6.54 Å². The minimum atomic E-state index is -0.927. The first-order valence-corrected chi connectivity index (χ1v) is 6.99. The maximum atomic E-state index is 12.9. The van der Waals surface area contributed by atoms with Crippen molar-refractivity contribution >= 4 is 17.6 Å². The van der Waals surface area contributed by atoms with Gasteiger partial charge in [0.15, 0.2) is 6.10 Å². The second kappa shape index (κ2) is 8.24. The molecule has 0 radical (unpaired) electrons. The van der Waals surface area contributed by atoms with E-state index in [4.69, 9.17) is 10.5 Å². The molecular weight excluding hydrogens is 275 g/mol. The summed E-state index contributed by atoms with van der Waals surface area (Å²) >= 11 is 0. The monoisotopic (exact) mass is 296 g/mol. The average Bonchev–Trinajstić information content (AvgIpc) is 2.43. The molecule has 3 N–H and O–H groups in total. The number of esters is 1. The molecule has 116 valence electrons. The lowest BCUT2D eigenvalue weighted by Gasteiger charge is -2.14. The number of nitrogen functional groups attached to an aromatic ring is 1. The van der Waals surface area contributed by atoms with Gasteiger partial charge in [-0.15, -0.1) is 0 Å². The van der Waals surface area contributed by atoms with E-state index in [0.717, 1.165) is 31.4 Å². The van der Waals surface area contributed by atoms with Gasteiger partial charge < -0.3 is 15.8 Å². The molecule has 0 aromatic heterocycles. The summed E-state index contributed by atoms with van der Waals surface area (Å²) in [6.45, 7) is 4.10. The van der Waals surface area contributed by atoms with E-state index in [1.165, 1.54) is 13.0 Å². The lowest BCUT2D eigenvalue weighted by atomic mass is 10.2. The van der Waals surface area contributed by atoms with Crippen LogP contribution < -0.4 is 11.1 Å². The van der Waals surface area contributed by atoms with Gasteiger partial charge in [-0.1, -0.05) is 19.8 Å². The summed E-state index contributed by atoms with van der Waals surface area (Å²) in [7, 11) is 0. The zero-order valence-electron chi connectivity index (χ0n) is 12.3. The average molecular weight is 296 g/mol. The Hall–Kier alpha value is -2.11. The summed E-state index contributed by atoms with van der Waals surface area (Å²) in [5.41, 5.74) is 5.57. The molecule has 1 amide bonds. The summed E-state index contributed by atoms with van der Waals surface area (Å²) in [4.78, 5) is 23.6. The summed E-state index contributed by atoms with van der Waals surface area (Å²) < 4.78 is 17.9. The highest BCUT2D eigenvalue weighted by molar-refractivity contribution is 5.96. The number of hydrogen-bond donors (Lipinski definition) is 2. The van der Waals surface area contributed by atoms with E-state index in [1.54, 1.807) is 0 Å². The van der Waals surface area contributed by atoms with Crippen LogP contribution in [0.25, 0.3) is 0 Å². The smallest absolute Gasteiger partial charge is 0.341 e. The number of hydrogen-bond acceptors (Lipinski definition) is 4. The van der Waals surface area contributed by atoms with Crippen LogP contribution in [0.4, 0.5) is 10.1 Å². The molecule has 0 aliphatic rings. The first-order chi connectivity index (χ1) is 9.95. The van der Waals surface area contributed by atoms with Gasteiger partial charge in [-0.2, -0.15) is 0 Å². The largest absolute Gasteiger partial charge is 0.449 e. The second-order valence-electron chi connectivity index (χ2n) is 4.78. The molecule has 6 heteroatoms. The van der Waals surface area contributed by atoms with Crippen LogP contribution in [0, 0.1) is 5.82 Å². The van der Waals surface area contributed by atoms with Crippen LogP contribution in [0.1, 0.15) is 43.5 Å². The molecule has 1 rings (SSSR count). The van der Waals surface area contributed by atoms with Crippen molar-refractivity contribution in [3.63, 3.8) is 0 Å². The topological polar surface area (TPSA) is 81.4 Å². The van der Waals surface area contributed by atoms with Crippen molar-refractivity contribution in [1.82, 2.24) is 5.32 Å². The van der Waals surface area contributed by atoms with Crippen LogP contribution >= 0.6 is 0 Å². The van der Waals surface area contributed by atoms with Gasteiger partial charge in [0.05, 0.1) is 5.56 Å². The highest BCUT2D eigenvalue weighted by Crippen LogP contribution is 2.15. The Labute approximate surface area is 123 Å². The maximum absolute atomic E-state index is 12.9. The number of rotatable bonds is 7. The molecule has 1 aromatic rings. The minimum Gasteiger partial charge on any atom is -0.449 e. The number of carbonyl (C=O) groups is 2. The van der Waals surface area contributed by atoms with Crippen LogP contribution in [-0.4, -0.2) is 24.5 Å². The lowest BCUT2D eigenvalue weighted by molar-refractivity contribution is -0.129. The van der Waals surface area contributed by atoms with Crippen molar-refractivity contribution in [1.29, 1.82) is 0 Å². The molecule has 0 aliphatic heterocycles. The van der Waals surface area contributed by atoms with Crippen molar-refractivity contribution in [2.75, 3.05) is 12.3 Å². The molecule has 0 spiro atoms. The van der Waals surface area contributed by atoms with Crippen LogP contribution in [0.5, 0.6) is 0 Å². The molecule has 21 heavy (non-hydrogen) atoms. The molecular formula is C15H21FN2O3. The Morgan fingerprint density at radius 2 is 2.10 bits per heavy atom. The lowest BCUT2D eigenvalue weighted by Crippen LogP contribution is -2.36. The maximum Gasteiger partial charge on any atom is 0.341 e. The first-order valence-electron chi connectivity index (χ1n) is 6.99. The van der Waals surface area contributed by atoms with Gasteiger partial charge >= 0.3 is 5.97 Å². The van der Waals surface area contributed by atoms with E-state index >= 15 is 0 Å². The SMILES string of the molecule is CCCCCNC(=O)C(C)OC(=O)c1ccc(F)cc1N. The zero-order chi connectivity index (χ0) is 15.8. The fourth-order valence-electron chi connectivity index (χ4n) is 1.73. The van der Waals surface area contributed by atoms with Gasteiger partial charge in [0, 0.05) is 12.2 Å². The fourth-order valence-corrected chi connectivity index (χ4v) is 1.73. The number of unbranched alkanes of at least 4 members (excludes halogenated alkanes) is 2. The molecule has 5 nitrogen and oxygen atoms in total. The van der Waals surface area contributed by atoms with E-state index in [9.17, 15) is 14.0 Å². The van der Waals surface area contributed by atoms with Gasteiger partial charge in [0.2, 0.25) is 0 Å². The Morgan fingerprint density at radius 3 is 2.71 bits per heavy atom. The summed E-state index contributed by atoms with van der Waals surface area (Å²) in [6.07, 6.45) is 2.04. The van der Waals surface area contributed by atoms with Crippen molar-refractivity contribution < 1.29 is 18.7 Å². The number of nitrogens with two attached hydrogens (primary N) is 1. The molecule has 1 unspecified atom stereocenters. The van der Waals surface area contributed by atoms with Crippen LogP contribution in [0.2, 0.25) is 0 Å². The zero-order valence-corrected chi connectivity index (χ0v) is 12.3.